The molecule has 64 valence electrons. The van der Waals surface area contributed by atoms with E-state index < -0.39 is 22.1 Å². The van der Waals surface area contributed by atoms with E-state index in [0.29, 0.717) is 5.37 Å². The molecular weight excluding hydrogens is 166 g/mol. The second kappa shape index (κ2) is 4.25. The van der Waals surface area contributed by atoms with Crippen molar-refractivity contribution < 1.29 is 13.2 Å². The van der Waals surface area contributed by atoms with Crippen molar-refractivity contribution in [2.24, 2.45) is 11.7 Å². The van der Waals surface area contributed by atoms with Crippen molar-refractivity contribution in [2.75, 3.05) is 0 Å². The van der Waals surface area contributed by atoms with E-state index in [1.807, 2.05) is 0 Å². The minimum absolute atomic E-state index is 0.0395. The van der Waals surface area contributed by atoms with Crippen LogP contribution in [0.5, 0.6) is 0 Å². The van der Waals surface area contributed by atoms with Crippen LogP contribution in [0, 0.1) is 5.92 Å². The van der Waals surface area contributed by atoms with E-state index in [0.717, 1.165) is 0 Å². The number of Topliss-reactive ketones (excluding diaryl/α,β-unsaturated/α-hetero) is 1. The van der Waals surface area contributed by atoms with E-state index in [4.69, 9.17) is 5.73 Å². The molecule has 0 aliphatic carbocycles. The summed E-state index contributed by atoms with van der Waals surface area (Å²) in [4.78, 5) is 10.8. The molecule has 0 aromatic heterocycles. The van der Waals surface area contributed by atoms with Gasteiger partial charge in [-0.05, 0) is 5.92 Å². The first kappa shape index (κ1) is 10.3. The van der Waals surface area contributed by atoms with Gasteiger partial charge in [-0.15, -0.1) is 0 Å². The predicted molar refractivity (Wildman–Crippen MR) is 42.8 cm³/mol. The number of rotatable bonds is 3. The molecular formula is C6H11NO3S. The first-order chi connectivity index (χ1) is 4.95. The molecule has 0 rings (SSSR count). The number of carbonyl (C=O) groups is 1. The smallest absolute Gasteiger partial charge is 0.217 e. The number of hydrogen-bond donors (Lipinski definition) is 1. The van der Waals surface area contributed by atoms with Gasteiger partial charge in [0.05, 0.1) is 6.04 Å². The number of nitrogens with two attached hydrogens (primary N) is 1. The quantitative estimate of drug-likeness (QED) is 0.574. The lowest BCUT2D eigenvalue weighted by Gasteiger charge is -2.09. The maximum Gasteiger partial charge on any atom is 0.217 e. The van der Waals surface area contributed by atoms with Gasteiger partial charge in [-0.1, -0.05) is 13.8 Å². The van der Waals surface area contributed by atoms with E-state index in [1.54, 1.807) is 13.8 Å². The molecule has 0 saturated carbocycles. The molecule has 0 spiro atoms. The fourth-order valence-corrected chi connectivity index (χ4v) is 0.849. The highest BCUT2D eigenvalue weighted by molar-refractivity contribution is 7.73. The van der Waals surface area contributed by atoms with Crippen LogP contribution in [0.1, 0.15) is 13.8 Å². The van der Waals surface area contributed by atoms with Gasteiger partial charge in [0.15, 0.2) is 5.78 Å². The van der Waals surface area contributed by atoms with Crippen molar-refractivity contribution in [1.29, 1.82) is 0 Å². The molecule has 0 fully saturated rings. The van der Waals surface area contributed by atoms with Gasteiger partial charge in [-0.25, -0.2) is 0 Å². The number of ketones is 1. The van der Waals surface area contributed by atoms with Crippen molar-refractivity contribution in [3.63, 3.8) is 0 Å². The Morgan fingerprint density at radius 3 is 2.18 bits per heavy atom. The van der Waals surface area contributed by atoms with Crippen molar-refractivity contribution in [3.8, 4) is 0 Å². The highest BCUT2D eigenvalue weighted by atomic mass is 32.2. The summed E-state index contributed by atoms with van der Waals surface area (Å²) < 4.78 is 20.0. The maximum absolute atomic E-state index is 10.8. The van der Waals surface area contributed by atoms with Gasteiger partial charge in [0.25, 0.3) is 0 Å². The Hall–Kier alpha value is -0.680. The van der Waals surface area contributed by atoms with Gasteiger partial charge in [-0.2, -0.15) is 8.42 Å². The van der Waals surface area contributed by atoms with Crippen LogP contribution in [0.3, 0.4) is 0 Å². The molecule has 0 bridgehead atoms. The summed E-state index contributed by atoms with van der Waals surface area (Å²) in [5.74, 6) is -0.587. The lowest BCUT2D eigenvalue weighted by molar-refractivity contribution is -0.114. The molecule has 0 amide bonds. The standard InChI is InChI=1S/C6H11NO3S/c1-4(2)6(7)5(8)3-11(9)10/h3-4,6H,7H2,1-2H3. The molecule has 1 atom stereocenters. The Morgan fingerprint density at radius 2 is 1.91 bits per heavy atom. The van der Waals surface area contributed by atoms with Gasteiger partial charge < -0.3 is 5.73 Å². The average molecular weight is 177 g/mol. The third-order valence-corrected chi connectivity index (χ3v) is 1.68. The van der Waals surface area contributed by atoms with Gasteiger partial charge in [0.1, 0.15) is 5.37 Å². The van der Waals surface area contributed by atoms with Gasteiger partial charge in [-0.3, -0.25) is 4.79 Å². The monoisotopic (exact) mass is 177 g/mol. The molecule has 4 nitrogen and oxygen atoms in total. The summed E-state index contributed by atoms with van der Waals surface area (Å²) in [6, 6.07) is -0.715. The maximum atomic E-state index is 10.8. The second-order valence-corrected chi connectivity index (χ2v) is 3.31. The second-order valence-electron chi connectivity index (χ2n) is 2.55. The van der Waals surface area contributed by atoms with Gasteiger partial charge in [0, 0.05) is 0 Å². The zero-order valence-corrected chi connectivity index (χ0v) is 7.26. The summed E-state index contributed by atoms with van der Waals surface area (Å²) in [6.45, 7) is 3.51. The lowest BCUT2D eigenvalue weighted by Crippen LogP contribution is -2.36. The zero-order chi connectivity index (χ0) is 9.02. The first-order valence-corrected chi connectivity index (χ1v) is 4.31. The molecule has 0 saturated heterocycles. The fraction of sp³-hybridized carbons (Fsp3) is 0.667. The zero-order valence-electron chi connectivity index (χ0n) is 6.44. The van der Waals surface area contributed by atoms with E-state index in [-0.39, 0.29) is 5.92 Å². The third kappa shape index (κ3) is 3.90. The summed E-state index contributed by atoms with van der Waals surface area (Å²) in [5.41, 5.74) is 5.35. The highest BCUT2D eigenvalue weighted by Gasteiger charge is 2.14. The number of carbonyl (C=O) groups excluding carboxylic acids is 1. The molecule has 1 unspecified atom stereocenters. The average Bonchev–Trinajstić information content (AvgIpc) is 1.84. The van der Waals surface area contributed by atoms with Crippen molar-refractivity contribution >= 4 is 21.4 Å². The Balaban J connectivity index is 4.39. The third-order valence-electron chi connectivity index (χ3n) is 1.26. The SMILES string of the molecule is CC(C)C(N)C(=O)C=S(=O)=O. The van der Waals surface area contributed by atoms with E-state index in [9.17, 15) is 13.2 Å². The van der Waals surface area contributed by atoms with E-state index >= 15 is 0 Å². The molecule has 0 aromatic rings. The van der Waals surface area contributed by atoms with Gasteiger partial charge >= 0.3 is 0 Å². The van der Waals surface area contributed by atoms with Crippen LogP contribution in [0.4, 0.5) is 0 Å². The van der Waals surface area contributed by atoms with Gasteiger partial charge in [0.2, 0.25) is 10.3 Å². The molecule has 5 heteroatoms. The molecule has 0 aliphatic heterocycles. The molecule has 0 aromatic carbocycles. The summed E-state index contributed by atoms with van der Waals surface area (Å²) in [6.07, 6.45) is 0. The normalized spacial score (nSPS) is 12.7. The largest absolute Gasteiger partial charge is 0.321 e. The van der Waals surface area contributed by atoms with Crippen LogP contribution in [-0.4, -0.2) is 25.6 Å². The van der Waals surface area contributed by atoms with Crippen LogP contribution >= 0.6 is 0 Å². The van der Waals surface area contributed by atoms with Crippen LogP contribution in [-0.2, 0) is 15.1 Å². The first-order valence-electron chi connectivity index (χ1n) is 3.17. The Bertz CT molecular complexity index is 258. The van der Waals surface area contributed by atoms with Crippen LogP contribution in [0.2, 0.25) is 0 Å². The minimum atomic E-state index is -2.44. The molecule has 11 heavy (non-hydrogen) atoms. The fourth-order valence-electron chi connectivity index (χ4n) is 0.502. The summed E-state index contributed by atoms with van der Waals surface area (Å²) in [5, 5.41) is 0.602. The molecule has 0 radical (unpaired) electrons. The predicted octanol–water partition coefficient (Wildman–Crippen LogP) is -0.780. The summed E-state index contributed by atoms with van der Waals surface area (Å²) in [7, 11) is -2.44. The Morgan fingerprint density at radius 1 is 1.45 bits per heavy atom. The van der Waals surface area contributed by atoms with Crippen molar-refractivity contribution in [1.82, 2.24) is 0 Å². The summed E-state index contributed by atoms with van der Waals surface area (Å²) >= 11 is 0. The minimum Gasteiger partial charge on any atom is -0.321 e. The van der Waals surface area contributed by atoms with Crippen LogP contribution in [0.25, 0.3) is 0 Å². The number of hydrogen-bond acceptors (Lipinski definition) is 4. The molecule has 0 heterocycles. The Labute approximate surface area is 66.9 Å². The van der Waals surface area contributed by atoms with Crippen molar-refractivity contribution in [3.05, 3.63) is 0 Å². The molecule has 0 aliphatic rings. The Kier molecular flexibility index (Phi) is 3.99. The highest BCUT2D eigenvalue weighted by Crippen LogP contribution is 1.97. The topological polar surface area (TPSA) is 77.2 Å². The van der Waals surface area contributed by atoms with Crippen molar-refractivity contribution in [2.45, 2.75) is 19.9 Å². The molecule has 2 N–H and O–H groups in total. The van der Waals surface area contributed by atoms with Crippen LogP contribution < -0.4 is 5.73 Å². The van der Waals surface area contributed by atoms with Crippen LogP contribution in [0.15, 0.2) is 0 Å². The van der Waals surface area contributed by atoms with E-state index in [2.05, 4.69) is 0 Å². The van der Waals surface area contributed by atoms with E-state index in [1.165, 1.54) is 0 Å². The lowest BCUT2D eigenvalue weighted by atomic mass is 10.0.